The van der Waals surface area contributed by atoms with Gasteiger partial charge in [0.15, 0.2) is 5.13 Å². The number of aryl methyl sites for hydroxylation is 1. The maximum atomic E-state index is 5.97. The average Bonchev–Trinajstić information content (AvgIpc) is 2.92. The van der Waals surface area contributed by atoms with Crippen LogP contribution in [0.1, 0.15) is 11.5 Å². The van der Waals surface area contributed by atoms with Crippen LogP contribution in [-0.2, 0) is 6.54 Å². The highest BCUT2D eigenvalue weighted by Crippen LogP contribution is 2.19. The summed E-state index contributed by atoms with van der Waals surface area (Å²) in [5.41, 5.74) is 0.918. The first-order valence-corrected chi connectivity index (χ1v) is 7.83. The van der Waals surface area contributed by atoms with E-state index in [0.717, 1.165) is 49.4 Å². The summed E-state index contributed by atoms with van der Waals surface area (Å²) in [6, 6.07) is 1.78. The molecule has 0 bridgehead atoms. The summed E-state index contributed by atoms with van der Waals surface area (Å²) < 4.78 is 0. The van der Waals surface area contributed by atoms with E-state index < -0.39 is 0 Å². The lowest BCUT2D eigenvalue weighted by Gasteiger charge is -2.34. The molecule has 3 heterocycles. The SMILES string of the molecule is Cc1cc(Cl)nc(CN2CCN(c3nccs3)CC2)n1. The van der Waals surface area contributed by atoms with Gasteiger partial charge in [0, 0.05) is 43.4 Å². The second-order valence-corrected chi connectivity index (χ2v) is 6.09. The number of hydrogen-bond acceptors (Lipinski definition) is 6. The van der Waals surface area contributed by atoms with Crippen LogP contribution in [0.25, 0.3) is 0 Å². The predicted octanol–water partition coefficient (Wildman–Crippen LogP) is 2.22. The first-order valence-electron chi connectivity index (χ1n) is 6.57. The van der Waals surface area contributed by atoms with Gasteiger partial charge in [-0.25, -0.2) is 15.0 Å². The standard InChI is InChI=1S/C13H16ClN5S/c1-10-8-11(14)17-12(16-10)9-18-3-5-19(6-4-18)13-15-2-7-20-13/h2,7-8H,3-6,9H2,1H3. The Morgan fingerprint density at radius 1 is 1.25 bits per heavy atom. The molecule has 0 spiro atoms. The minimum atomic E-state index is 0.522. The van der Waals surface area contributed by atoms with Gasteiger partial charge in [-0.05, 0) is 13.0 Å². The summed E-state index contributed by atoms with van der Waals surface area (Å²) in [5.74, 6) is 0.803. The van der Waals surface area contributed by atoms with Gasteiger partial charge in [-0.2, -0.15) is 0 Å². The van der Waals surface area contributed by atoms with Crippen molar-refractivity contribution in [2.45, 2.75) is 13.5 Å². The van der Waals surface area contributed by atoms with E-state index in [-0.39, 0.29) is 0 Å². The van der Waals surface area contributed by atoms with Crippen LogP contribution in [0.2, 0.25) is 5.15 Å². The molecule has 7 heteroatoms. The van der Waals surface area contributed by atoms with Crippen molar-refractivity contribution in [3.05, 3.63) is 34.3 Å². The maximum absolute atomic E-state index is 5.97. The zero-order valence-corrected chi connectivity index (χ0v) is 12.9. The van der Waals surface area contributed by atoms with E-state index in [0.29, 0.717) is 5.15 Å². The van der Waals surface area contributed by atoms with Gasteiger partial charge in [0.1, 0.15) is 11.0 Å². The van der Waals surface area contributed by atoms with Crippen molar-refractivity contribution in [1.82, 2.24) is 19.9 Å². The monoisotopic (exact) mass is 309 g/mol. The molecule has 0 N–H and O–H groups in total. The lowest BCUT2D eigenvalue weighted by atomic mass is 10.3. The Hall–Kier alpha value is -1.24. The smallest absolute Gasteiger partial charge is 0.185 e. The Labute approximate surface area is 127 Å². The number of nitrogens with zero attached hydrogens (tertiary/aromatic N) is 5. The van der Waals surface area contributed by atoms with Crippen LogP contribution in [0.4, 0.5) is 5.13 Å². The minimum absolute atomic E-state index is 0.522. The molecule has 1 fully saturated rings. The van der Waals surface area contributed by atoms with E-state index in [1.54, 1.807) is 17.4 Å². The van der Waals surface area contributed by atoms with Gasteiger partial charge in [-0.3, -0.25) is 4.90 Å². The van der Waals surface area contributed by atoms with Crippen molar-refractivity contribution < 1.29 is 0 Å². The molecule has 1 saturated heterocycles. The zero-order valence-electron chi connectivity index (χ0n) is 11.3. The molecule has 3 rings (SSSR count). The molecule has 0 atom stereocenters. The summed E-state index contributed by atoms with van der Waals surface area (Å²) in [6.07, 6.45) is 1.86. The molecule has 2 aromatic rings. The van der Waals surface area contributed by atoms with Crippen molar-refractivity contribution >= 4 is 28.1 Å². The van der Waals surface area contributed by atoms with Gasteiger partial charge in [-0.15, -0.1) is 11.3 Å². The second kappa shape index (κ2) is 6.03. The Kier molecular flexibility index (Phi) is 4.14. The van der Waals surface area contributed by atoms with Crippen LogP contribution in [-0.4, -0.2) is 46.0 Å². The number of piperazine rings is 1. The maximum Gasteiger partial charge on any atom is 0.185 e. The molecule has 20 heavy (non-hydrogen) atoms. The largest absolute Gasteiger partial charge is 0.346 e. The lowest BCUT2D eigenvalue weighted by molar-refractivity contribution is 0.244. The van der Waals surface area contributed by atoms with E-state index in [9.17, 15) is 0 Å². The second-order valence-electron chi connectivity index (χ2n) is 4.83. The van der Waals surface area contributed by atoms with Crippen molar-refractivity contribution in [3.8, 4) is 0 Å². The van der Waals surface area contributed by atoms with Crippen molar-refractivity contribution in [1.29, 1.82) is 0 Å². The third-order valence-corrected chi connectivity index (χ3v) is 4.32. The fraction of sp³-hybridized carbons (Fsp3) is 0.462. The molecule has 1 aliphatic rings. The molecule has 0 amide bonds. The molecule has 106 valence electrons. The molecule has 5 nitrogen and oxygen atoms in total. The van der Waals surface area contributed by atoms with Crippen LogP contribution in [0.5, 0.6) is 0 Å². The summed E-state index contributed by atoms with van der Waals surface area (Å²) in [7, 11) is 0. The fourth-order valence-corrected chi connectivity index (χ4v) is 3.28. The number of anilines is 1. The van der Waals surface area contributed by atoms with E-state index in [1.807, 2.05) is 18.5 Å². The van der Waals surface area contributed by atoms with E-state index in [4.69, 9.17) is 11.6 Å². The quantitative estimate of drug-likeness (QED) is 0.814. The molecular weight excluding hydrogens is 294 g/mol. The summed E-state index contributed by atoms with van der Waals surface area (Å²) in [4.78, 5) is 17.8. The number of aromatic nitrogens is 3. The third-order valence-electron chi connectivity index (χ3n) is 3.30. The average molecular weight is 310 g/mol. The fourth-order valence-electron chi connectivity index (χ4n) is 2.33. The molecule has 0 unspecified atom stereocenters. The molecule has 0 aliphatic carbocycles. The highest BCUT2D eigenvalue weighted by Gasteiger charge is 2.19. The summed E-state index contributed by atoms with van der Waals surface area (Å²) >= 11 is 7.67. The van der Waals surface area contributed by atoms with Crippen LogP contribution < -0.4 is 4.90 Å². The highest BCUT2D eigenvalue weighted by molar-refractivity contribution is 7.13. The molecular formula is C13H16ClN5S. The van der Waals surface area contributed by atoms with Crippen molar-refractivity contribution in [2.24, 2.45) is 0 Å². The van der Waals surface area contributed by atoms with Gasteiger partial charge in [0.25, 0.3) is 0 Å². The zero-order chi connectivity index (χ0) is 13.9. The van der Waals surface area contributed by atoms with Crippen LogP contribution in [0, 0.1) is 6.92 Å². The predicted molar refractivity (Wildman–Crippen MR) is 81.4 cm³/mol. The van der Waals surface area contributed by atoms with Gasteiger partial charge in [0.2, 0.25) is 0 Å². The topological polar surface area (TPSA) is 45.2 Å². The van der Waals surface area contributed by atoms with Gasteiger partial charge < -0.3 is 4.90 Å². The van der Waals surface area contributed by atoms with Gasteiger partial charge in [-0.1, -0.05) is 11.6 Å². The summed E-state index contributed by atoms with van der Waals surface area (Å²) in [5, 5.41) is 3.65. The van der Waals surface area contributed by atoms with Gasteiger partial charge in [0.05, 0.1) is 6.54 Å². The van der Waals surface area contributed by atoms with Crippen molar-refractivity contribution in [3.63, 3.8) is 0 Å². The van der Waals surface area contributed by atoms with E-state index in [2.05, 4.69) is 24.8 Å². The summed E-state index contributed by atoms with van der Waals surface area (Å²) in [6.45, 7) is 6.67. The van der Waals surface area contributed by atoms with E-state index in [1.165, 1.54) is 0 Å². The molecule has 1 aliphatic heterocycles. The van der Waals surface area contributed by atoms with Crippen LogP contribution >= 0.6 is 22.9 Å². The van der Waals surface area contributed by atoms with E-state index >= 15 is 0 Å². The molecule has 0 saturated carbocycles. The number of halogens is 1. The highest BCUT2D eigenvalue weighted by atomic mass is 35.5. The Morgan fingerprint density at radius 3 is 2.70 bits per heavy atom. The minimum Gasteiger partial charge on any atom is -0.346 e. The Balaban J connectivity index is 1.58. The Morgan fingerprint density at radius 2 is 2.05 bits per heavy atom. The first kappa shape index (κ1) is 13.7. The van der Waals surface area contributed by atoms with Gasteiger partial charge >= 0.3 is 0 Å². The lowest BCUT2D eigenvalue weighted by Crippen LogP contribution is -2.46. The first-order chi connectivity index (χ1) is 9.70. The molecule has 2 aromatic heterocycles. The van der Waals surface area contributed by atoms with Crippen LogP contribution in [0.3, 0.4) is 0 Å². The normalized spacial score (nSPS) is 16.6. The number of rotatable bonds is 3. The Bertz CT molecular complexity index is 546. The third kappa shape index (κ3) is 3.26. The number of hydrogen-bond donors (Lipinski definition) is 0. The van der Waals surface area contributed by atoms with Crippen molar-refractivity contribution in [2.75, 3.05) is 31.1 Å². The number of thiazole rings is 1. The van der Waals surface area contributed by atoms with Crippen LogP contribution in [0.15, 0.2) is 17.6 Å². The molecule has 0 radical (unpaired) electrons. The molecule has 0 aromatic carbocycles.